The first-order valence-corrected chi connectivity index (χ1v) is 9.33. The number of fused-ring (bicyclic) bond motifs is 1. The first-order valence-electron chi connectivity index (χ1n) is 9.33. The second-order valence-corrected chi connectivity index (χ2v) is 6.88. The van der Waals surface area contributed by atoms with E-state index in [1.165, 1.54) is 37.4 Å². The first kappa shape index (κ1) is 16.6. The molecular formula is C21H24N4O. The van der Waals surface area contributed by atoms with Crippen LogP contribution in [0.4, 0.5) is 11.5 Å². The fraction of sp³-hybridized carbons (Fsp3) is 0.333. The van der Waals surface area contributed by atoms with Crippen molar-refractivity contribution in [2.75, 3.05) is 11.1 Å². The molecule has 1 aliphatic rings. The second kappa shape index (κ2) is 7.60. The maximum absolute atomic E-state index is 6.29. The molecule has 3 aromatic rings. The molecule has 5 heteroatoms. The third-order valence-corrected chi connectivity index (χ3v) is 4.98. The lowest BCUT2D eigenvalue weighted by atomic mass is 10.1. The highest BCUT2D eigenvalue weighted by Gasteiger charge is 2.16. The van der Waals surface area contributed by atoms with Gasteiger partial charge in [-0.3, -0.25) is 0 Å². The molecule has 26 heavy (non-hydrogen) atoms. The Hall–Kier alpha value is -2.82. The molecule has 5 nitrogen and oxygen atoms in total. The van der Waals surface area contributed by atoms with Crippen LogP contribution in [0.1, 0.15) is 38.5 Å². The van der Waals surface area contributed by atoms with E-state index in [-0.39, 0.29) is 0 Å². The third-order valence-electron chi connectivity index (χ3n) is 4.98. The van der Waals surface area contributed by atoms with Crippen molar-refractivity contribution in [1.82, 2.24) is 9.97 Å². The summed E-state index contributed by atoms with van der Waals surface area (Å²) >= 11 is 0. The van der Waals surface area contributed by atoms with Crippen LogP contribution in [0.3, 0.4) is 0 Å². The summed E-state index contributed by atoms with van der Waals surface area (Å²) in [5, 5.41) is 5.78. The lowest BCUT2D eigenvalue weighted by molar-refractivity contribution is 0.465. The van der Waals surface area contributed by atoms with Crippen molar-refractivity contribution in [2.45, 2.75) is 44.6 Å². The minimum atomic E-state index is 0.395. The summed E-state index contributed by atoms with van der Waals surface area (Å²) in [5.41, 5.74) is 6.75. The monoisotopic (exact) mass is 348 g/mol. The average molecular weight is 348 g/mol. The van der Waals surface area contributed by atoms with E-state index in [4.69, 9.17) is 10.5 Å². The highest BCUT2D eigenvalue weighted by molar-refractivity contribution is 5.83. The predicted octanol–water partition coefficient (Wildman–Crippen LogP) is 5.14. The number of nitrogen functional groups attached to an aromatic ring is 1. The molecule has 1 aliphatic carbocycles. The van der Waals surface area contributed by atoms with Gasteiger partial charge < -0.3 is 15.8 Å². The highest BCUT2D eigenvalue weighted by Crippen LogP contribution is 2.32. The lowest BCUT2D eigenvalue weighted by Gasteiger charge is -2.18. The number of ether oxygens (including phenoxy) is 1. The Morgan fingerprint density at radius 1 is 0.923 bits per heavy atom. The molecule has 0 radical (unpaired) electrons. The zero-order valence-electron chi connectivity index (χ0n) is 14.8. The summed E-state index contributed by atoms with van der Waals surface area (Å²) in [4.78, 5) is 8.56. The molecule has 2 aromatic carbocycles. The van der Waals surface area contributed by atoms with E-state index in [1.807, 2.05) is 30.3 Å². The standard InChI is InChI=1S/C21H24N4O/c22-19-20(25-17-9-3-1-2-4-10-17)23-14-24-21(19)26-18-12-11-15-7-5-6-8-16(15)13-18/h5-8,11-14,17H,1-4,9-10,22H2,(H,23,24,25). The maximum atomic E-state index is 6.29. The van der Waals surface area contributed by atoms with Gasteiger partial charge in [-0.15, -0.1) is 0 Å². The van der Waals surface area contributed by atoms with Crippen LogP contribution < -0.4 is 15.8 Å². The number of nitrogens with one attached hydrogen (secondary N) is 1. The molecule has 3 N–H and O–H groups in total. The van der Waals surface area contributed by atoms with E-state index in [9.17, 15) is 0 Å². The molecule has 1 heterocycles. The average Bonchev–Trinajstić information content (AvgIpc) is 2.94. The fourth-order valence-electron chi connectivity index (χ4n) is 3.54. The van der Waals surface area contributed by atoms with E-state index in [0.717, 1.165) is 24.0 Å². The van der Waals surface area contributed by atoms with E-state index in [0.29, 0.717) is 23.4 Å². The summed E-state index contributed by atoms with van der Waals surface area (Å²) < 4.78 is 5.96. The molecule has 1 saturated carbocycles. The molecule has 4 rings (SSSR count). The van der Waals surface area contributed by atoms with Gasteiger partial charge in [-0.05, 0) is 35.7 Å². The Balaban J connectivity index is 1.54. The van der Waals surface area contributed by atoms with Gasteiger partial charge in [-0.2, -0.15) is 4.98 Å². The van der Waals surface area contributed by atoms with Crippen LogP contribution in [-0.4, -0.2) is 16.0 Å². The highest BCUT2D eigenvalue weighted by atomic mass is 16.5. The number of hydrogen-bond acceptors (Lipinski definition) is 5. The van der Waals surface area contributed by atoms with Crippen molar-refractivity contribution in [3.63, 3.8) is 0 Å². The SMILES string of the molecule is Nc1c(NC2CCCCCC2)ncnc1Oc1ccc2ccccc2c1. The van der Waals surface area contributed by atoms with Crippen molar-refractivity contribution in [2.24, 2.45) is 0 Å². The Morgan fingerprint density at radius 3 is 2.50 bits per heavy atom. The van der Waals surface area contributed by atoms with Gasteiger partial charge in [0.2, 0.25) is 5.88 Å². The second-order valence-electron chi connectivity index (χ2n) is 6.88. The Morgan fingerprint density at radius 2 is 1.69 bits per heavy atom. The maximum Gasteiger partial charge on any atom is 0.248 e. The van der Waals surface area contributed by atoms with Crippen LogP contribution in [0.2, 0.25) is 0 Å². The first-order chi connectivity index (χ1) is 12.8. The minimum Gasteiger partial charge on any atom is -0.437 e. The summed E-state index contributed by atoms with van der Waals surface area (Å²) in [6.45, 7) is 0. The zero-order valence-corrected chi connectivity index (χ0v) is 14.8. The fourth-order valence-corrected chi connectivity index (χ4v) is 3.54. The van der Waals surface area contributed by atoms with E-state index < -0.39 is 0 Å². The number of hydrogen-bond donors (Lipinski definition) is 2. The van der Waals surface area contributed by atoms with Gasteiger partial charge >= 0.3 is 0 Å². The van der Waals surface area contributed by atoms with E-state index in [1.54, 1.807) is 0 Å². The van der Waals surface area contributed by atoms with Crippen LogP contribution in [0.15, 0.2) is 48.8 Å². The number of nitrogens with two attached hydrogens (primary N) is 1. The molecule has 0 unspecified atom stereocenters. The minimum absolute atomic E-state index is 0.395. The molecule has 0 spiro atoms. The number of nitrogens with zero attached hydrogens (tertiary/aromatic N) is 2. The van der Waals surface area contributed by atoms with Gasteiger partial charge in [-0.25, -0.2) is 4.98 Å². The quantitative estimate of drug-likeness (QED) is 0.639. The molecule has 0 saturated heterocycles. The van der Waals surface area contributed by atoms with Gasteiger partial charge in [0.15, 0.2) is 5.82 Å². The van der Waals surface area contributed by atoms with Gasteiger partial charge in [0, 0.05) is 6.04 Å². The van der Waals surface area contributed by atoms with Crippen LogP contribution in [0.5, 0.6) is 11.6 Å². The Kier molecular flexibility index (Phi) is 4.86. The van der Waals surface area contributed by atoms with Crippen LogP contribution >= 0.6 is 0 Å². The Labute approximate surface area is 153 Å². The van der Waals surface area contributed by atoms with E-state index >= 15 is 0 Å². The lowest BCUT2D eigenvalue weighted by Crippen LogP contribution is -2.20. The number of anilines is 2. The molecule has 1 fully saturated rings. The third kappa shape index (κ3) is 3.72. The van der Waals surface area contributed by atoms with Crippen LogP contribution in [0.25, 0.3) is 10.8 Å². The normalized spacial score (nSPS) is 15.5. The van der Waals surface area contributed by atoms with Crippen molar-refractivity contribution >= 4 is 22.3 Å². The topological polar surface area (TPSA) is 73.1 Å². The van der Waals surface area contributed by atoms with Crippen molar-refractivity contribution in [3.05, 3.63) is 48.8 Å². The van der Waals surface area contributed by atoms with Gasteiger partial charge in [-0.1, -0.05) is 56.0 Å². The summed E-state index contributed by atoms with van der Waals surface area (Å²) in [7, 11) is 0. The molecular weight excluding hydrogens is 324 g/mol. The molecule has 1 aromatic heterocycles. The van der Waals surface area contributed by atoms with Gasteiger partial charge in [0.25, 0.3) is 0 Å². The molecule has 0 amide bonds. The summed E-state index contributed by atoms with van der Waals surface area (Å²) in [5.74, 6) is 1.78. The van der Waals surface area contributed by atoms with Crippen LogP contribution in [-0.2, 0) is 0 Å². The molecule has 0 bridgehead atoms. The largest absolute Gasteiger partial charge is 0.437 e. The number of rotatable bonds is 4. The molecule has 134 valence electrons. The van der Waals surface area contributed by atoms with Crippen molar-refractivity contribution < 1.29 is 4.74 Å². The predicted molar refractivity (Wildman–Crippen MR) is 106 cm³/mol. The Bertz CT molecular complexity index is 888. The van der Waals surface area contributed by atoms with Crippen LogP contribution in [0, 0.1) is 0 Å². The van der Waals surface area contributed by atoms with Crippen molar-refractivity contribution in [1.29, 1.82) is 0 Å². The number of aromatic nitrogens is 2. The molecule has 0 atom stereocenters. The zero-order chi connectivity index (χ0) is 17.8. The van der Waals surface area contributed by atoms with Crippen molar-refractivity contribution in [3.8, 4) is 11.6 Å². The summed E-state index contributed by atoms with van der Waals surface area (Å²) in [6.07, 6.45) is 8.95. The smallest absolute Gasteiger partial charge is 0.248 e. The number of benzene rings is 2. The summed E-state index contributed by atoms with van der Waals surface area (Å²) in [6, 6.07) is 14.6. The van der Waals surface area contributed by atoms with E-state index in [2.05, 4.69) is 27.4 Å². The molecule has 0 aliphatic heterocycles. The van der Waals surface area contributed by atoms with Gasteiger partial charge in [0.1, 0.15) is 17.8 Å². The van der Waals surface area contributed by atoms with Gasteiger partial charge in [0.05, 0.1) is 0 Å².